The Morgan fingerprint density at radius 1 is 1.29 bits per heavy atom. The average Bonchev–Trinajstić information content (AvgIpc) is 2.49. The van der Waals surface area contributed by atoms with E-state index in [1.54, 1.807) is 25.3 Å². The van der Waals surface area contributed by atoms with Crippen molar-refractivity contribution in [3.05, 3.63) is 58.1 Å². The third kappa shape index (κ3) is 3.55. The van der Waals surface area contributed by atoms with Crippen molar-refractivity contribution < 1.29 is 9.53 Å². The van der Waals surface area contributed by atoms with Crippen molar-refractivity contribution in [1.29, 1.82) is 0 Å². The van der Waals surface area contributed by atoms with Gasteiger partial charge in [0.2, 0.25) is 0 Å². The Kier molecular flexibility index (Phi) is 4.85. The van der Waals surface area contributed by atoms with Crippen molar-refractivity contribution in [2.75, 3.05) is 12.8 Å². The predicted octanol–water partition coefficient (Wildman–Crippen LogP) is 3.53. The molecule has 4 nitrogen and oxygen atoms in total. The molecule has 0 spiro atoms. The van der Waals surface area contributed by atoms with Gasteiger partial charge in [-0.3, -0.25) is 4.79 Å². The van der Waals surface area contributed by atoms with E-state index in [-0.39, 0.29) is 11.9 Å². The van der Waals surface area contributed by atoms with Gasteiger partial charge in [-0.2, -0.15) is 0 Å². The van der Waals surface area contributed by atoms with Gasteiger partial charge in [0, 0.05) is 21.3 Å². The summed E-state index contributed by atoms with van der Waals surface area (Å²) in [5.74, 6) is 0.577. The Morgan fingerprint density at radius 2 is 2.00 bits per heavy atom. The molecule has 3 N–H and O–H groups in total. The van der Waals surface area contributed by atoms with Gasteiger partial charge in [0.1, 0.15) is 5.75 Å². The molecule has 21 heavy (non-hydrogen) atoms. The summed E-state index contributed by atoms with van der Waals surface area (Å²) < 4.78 is 6.09. The number of benzene rings is 2. The molecule has 110 valence electrons. The van der Waals surface area contributed by atoms with Crippen LogP contribution in [0.5, 0.6) is 5.75 Å². The Hall–Kier alpha value is -2.01. The first-order chi connectivity index (χ1) is 10.0. The van der Waals surface area contributed by atoms with E-state index in [0.29, 0.717) is 11.3 Å². The SMILES string of the molecule is COc1ccccc1[C@H](C)NC(=O)c1ccc(Br)c(N)c1. The van der Waals surface area contributed by atoms with Crippen LogP contribution < -0.4 is 15.8 Å². The third-order valence-corrected chi connectivity index (χ3v) is 3.93. The molecule has 1 atom stereocenters. The van der Waals surface area contributed by atoms with Gasteiger partial charge in [0.15, 0.2) is 0 Å². The maximum absolute atomic E-state index is 12.3. The van der Waals surface area contributed by atoms with E-state index in [2.05, 4.69) is 21.2 Å². The second-order valence-corrected chi connectivity index (χ2v) is 5.53. The fraction of sp³-hybridized carbons (Fsp3) is 0.188. The Bertz CT molecular complexity index is 658. The third-order valence-electron chi connectivity index (χ3n) is 3.21. The predicted molar refractivity (Wildman–Crippen MR) is 87.4 cm³/mol. The van der Waals surface area contributed by atoms with Gasteiger partial charge < -0.3 is 15.8 Å². The van der Waals surface area contributed by atoms with E-state index in [4.69, 9.17) is 10.5 Å². The molecule has 0 aromatic heterocycles. The lowest BCUT2D eigenvalue weighted by Gasteiger charge is -2.17. The number of anilines is 1. The Labute approximate surface area is 132 Å². The van der Waals surface area contributed by atoms with Crippen molar-refractivity contribution in [3.63, 3.8) is 0 Å². The lowest BCUT2D eigenvalue weighted by molar-refractivity contribution is 0.0939. The fourth-order valence-corrected chi connectivity index (χ4v) is 2.31. The summed E-state index contributed by atoms with van der Waals surface area (Å²) in [6.45, 7) is 1.91. The summed E-state index contributed by atoms with van der Waals surface area (Å²) >= 11 is 3.31. The molecule has 0 fully saturated rings. The summed E-state index contributed by atoms with van der Waals surface area (Å²) in [6, 6.07) is 12.6. The lowest BCUT2D eigenvalue weighted by Crippen LogP contribution is -2.27. The minimum atomic E-state index is -0.174. The molecule has 2 rings (SSSR count). The van der Waals surface area contributed by atoms with Crippen LogP contribution in [0, 0.1) is 0 Å². The highest BCUT2D eigenvalue weighted by Gasteiger charge is 2.15. The number of amides is 1. The number of nitrogens with one attached hydrogen (secondary N) is 1. The van der Waals surface area contributed by atoms with Crippen LogP contribution in [0.15, 0.2) is 46.9 Å². The number of nitrogens with two attached hydrogens (primary N) is 1. The zero-order valence-corrected chi connectivity index (χ0v) is 13.5. The number of halogens is 1. The largest absolute Gasteiger partial charge is 0.496 e. The van der Waals surface area contributed by atoms with Gasteiger partial charge in [0.05, 0.1) is 13.2 Å². The number of hydrogen-bond acceptors (Lipinski definition) is 3. The number of carbonyl (C=O) groups is 1. The van der Waals surface area contributed by atoms with E-state index in [1.807, 2.05) is 31.2 Å². The minimum Gasteiger partial charge on any atom is -0.496 e. The molecule has 0 aliphatic heterocycles. The first kappa shape index (κ1) is 15.4. The average molecular weight is 349 g/mol. The van der Waals surface area contributed by atoms with Crippen LogP contribution in [0.2, 0.25) is 0 Å². The summed E-state index contributed by atoms with van der Waals surface area (Å²) in [5.41, 5.74) is 7.79. The molecule has 2 aromatic carbocycles. The van der Waals surface area contributed by atoms with Gasteiger partial charge >= 0.3 is 0 Å². The quantitative estimate of drug-likeness (QED) is 0.830. The standard InChI is InChI=1S/C16H17BrN2O2/c1-10(12-5-3-4-6-15(12)21-2)19-16(20)11-7-8-13(17)14(18)9-11/h3-10H,18H2,1-2H3,(H,19,20)/t10-/m0/s1. The van der Waals surface area contributed by atoms with Gasteiger partial charge in [-0.05, 0) is 47.1 Å². The maximum Gasteiger partial charge on any atom is 0.251 e. The number of carbonyl (C=O) groups excluding carboxylic acids is 1. The van der Waals surface area contributed by atoms with E-state index in [0.717, 1.165) is 15.8 Å². The van der Waals surface area contributed by atoms with E-state index in [1.165, 1.54) is 0 Å². The van der Waals surface area contributed by atoms with Crippen LogP contribution in [0.1, 0.15) is 28.9 Å². The van der Waals surface area contributed by atoms with Gasteiger partial charge in [-0.15, -0.1) is 0 Å². The molecular weight excluding hydrogens is 332 g/mol. The molecule has 0 saturated carbocycles. The van der Waals surface area contributed by atoms with Crippen molar-refractivity contribution in [1.82, 2.24) is 5.32 Å². The molecule has 0 bridgehead atoms. The topological polar surface area (TPSA) is 64.3 Å². The molecule has 0 unspecified atom stereocenters. The first-order valence-corrected chi connectivity index (χ1v) is 7.31. The molecule has 0 heterocycles. The minimum absolute atomic E-state index is 0.168. The second-order valence-electron chi connectivity index (χ2n) is 4.67. The molecular formula is C16H17BrN2O2. The highest BCUT2D eigenvalue weighted by molar-refractivity contribution is 9.10. The van der Waals surface area contributed by atoms with Crippen molar-refractivity contribution in [2.45, 2.75) is 13.0 Å². The van der Waals surface area contributed by atoms with Crippen LogP contribution in [-0.2, 0) is 0 Å². The molecule has 0 radical (unpaired) electrons. The number of hydrogen-bond donors (Lipinski definition) is 2. The molecule has 0 aliphatic carbocycles. The van der Waals surface area contributed by atoms with Gasteiger partial charge in [-0.1, -0.05) is 18.2 Å². The van der Waals surface area contributed by atoms with Crippen LogP contribution in [0.4, 0.5) is 5.69 Å². The Morgan fingerprint density at radius 3 is 2.67 bits per heavy atom. The van der Waals surface area contributed by atoms with Crippen LogP contribution >= 0.6 is 15.9 Å². The molecule has 5 heteroatoms. The number of nitrogen functional groups attached to an aromatic ring is 1. The second kappa shape index (κ2) is 6.63. The Balaban J connectivity index is 2.16. The zero-order chi connectivity index (χ0) is 15.4. The normalized spacial score (nSPS) is 11.8. The smallest absolute Gasteiger partial charge is 0.251 e. The monoisotopic (exact) mass is 348 g/mol. The summed E-state index contributed by atoms with van der Waals surface area (Å²) in [6.07, 6.45) is 0. The highest BCUT2D eigenvalue weighted by atomic mass is 79.9. The van der Waals surface area contributed by atoms with Crippen LogP contribution in [0.3, 0.4) is 0 Å². The van der Waals surface area contributed by atoms with Crippen molar-refractivity contribution >= 4 is 27.5 Å². The summed E-state index contributed by atoms with van der Waals surface area (Å²) in [5, 5.41) is 2.94. The maximum atomic E-state index is 12.3. The molecule has 0 aliphatic rings. The number of para-hydroxylation sites is 1. The van der Waals surface area contributed by atoms with Gasteiger partial charge in [0.25, 0.3) is 5.91 Å². The van der Waals surface area contributed by atoms with Crippen LogP contribution in [0.25, 0.3) is 0 Å². The highest BCUT2D eigenvalue weighted by Crippen LogP contribution is 2.25. The fourth-order valence-electron chi connectivity index (χ4n) is 2.07. The molecule has 1 amide bonds. The van der Waals surface area contributed by atoms with Crippen molar-refractivity contribution in [2.24, 2.45) is 0 Å². The number of ether oxygens (including phenoxy) is 1. The van der Waals surface area contributed by atoms with E-state index >= 15 is 0 Å². The molecule has 2 aromatic rings. The molecule has 0 saturated heterocycles. The van der Waals surface area contributed by atoms with Crippen LogP contribution in [-0.4, -0.2) is 13.0 Å². The number of methoxy groups -OCH3 is 1. The van der Waals surface area contributed by atoms with E-state index < -0.39 is 0 Å². The summed E-state index contributed by atoms with van der Waals surface area (Å²) in [7, 11) is 1.61. The lowest BCUT2D eigenvalue weighted by atomic mass is 10.1. The van der Waals surface area contributed by atoms with E-state index in [9.17, 15) is 4.79 Å². The van der Waals surface area contributed by atoms with Crippen molar-refractivity contribution in [3.8, 4) is 5.75 Å². The zero-order valence-electron chi connectivity index (χ0n) is 11.9. The first-order valence-electron chi connectivity index (χ1n) is 6.51. The number of rotatable bonds is 4. The van der Waals surface area contributed by atoms with Gasteiger partial charge in [-0.25, -0.2) is 0 Å². The summed E-state index contributed by atoms with van der Waals surface area (Å²) in [4.78, 5) is 12.3.